The molecular weight excluding hydrogens is 274 g/mol. The van der Waals surface area contributed by atoms with Crippen molar-refractivity contribution in [2.45, 2.75) is 25.3 Å². The van der Waals surface area contributed by atoms with Gasteiger partial charge in [0.25, 0.3) is 0 Å². The summed E-state index contributed by atoms with van der Waals surface area (Å²) in [4.78, 5) is 13.7. The van der Waals surface area contributed by atoms with Crippen molar-refractivity contribution < 1.29 is 9.21 Å². The van der Waals surface area contributed by atoms with Gasteiger partial charge in [-0.05, 0) is 13.0 Å². The standard InChI is InChI=1S/C16H16ClNO2/c1-11(17)16(19)18-8-7-14-13(10-18)9-15(20-14)12-5-3-2-4-6-12/h2-6,9,11H,7-8,10H2,1H3. The molecule has 3 rings (SSSR count). The van der Waals surface area contributed by atoms with Gasteiger partial charge >= 0.3 is 0 Å². The lowest BCUT2D eigenvalue weighted by Crippen LogP contribution is -2.39. The molecule has 1 atom stereocenters. The highest BCUT2D eigenvalue weighted by molar-refractivity contribution is 6.30. The number of furan rings is 1. The van der Waals surface area contributed by atoms with Crippen LogP contribution in [0.25, 0.3) is 11.3 Å². The Morgan fingerprint density at radius 2 is 2.10 bits per heavy atom. The number of alkyl halides is 1. The molecule has 3 nitrogen and oxygen atoms in total. The molecule has 1 unspecified atom stereocenters. The second-order valence-electron chi connectivity index (χ2n) is 5.05. The predicted octanol–water partition coefficient (Wildman–Crippen LogP) is 3.46. The summed E-state index contributed by atoms with van der Waals surface area (Å²) in [7, 11) is 0. The first-order valence-corrected chi connectivity index (χ1v) is 7.18. The molecule has 0 saturated carbocycles. The van der Waals surface area contributed by atoms with E-state index >= 15 is 0 Å². The Bertz CT molecular complexity index is 619. The van der Waals surface area contributed by atoms with E-state index in [1.165, 1.54) is 0 Å². The van der Waals surface area contributed by atoms with Crippen molar-refractivity contribution in [3.05, 3.63) is 47.7 Å². The van der Waals surface area contributed by atoms with E-state index in [1.54, 1.807) is 11.8 Å². The monoisotopic (exact) mass is 289 g/mol. The van der Waals surface area contributed by atoms with Crippen LogP contribution in [0.2, 0.25) is 0 Å². The normalized spacial score (nSPS) is 15.8. The zero-order valence-electron chi connectivity index (χ0n) is 11.3. The van der Waals surface area contributed by atoms with Gasteiger partial charge in [-0.1, -0.05) is 30.3 Å². The molecule has 2 heterocycles. The van der Waals surface area contributed by atoms with Crippen LogP contribution in [0.1, 0.15) is 18.2 Å². The fourth-order valence-electron chi connectivity index (χ4n) is 2.52. The van der Waals surface area contributed by atoms with Crippen LogP contribution in [0.15, 0.2) is 40.8 Å². The Balaban J connectivity index is 1.85. The summed E-state index contributed by atoms with van der Waals surface area (Å²) in [6, 6.07) is 12.0. The molecule has 0 bridgehead atoms. The lowest BCUT2D eigenvalue weighted by atomic mass is 10.1. The van der Waals surface area contributed by atoms with Crippen molar-refractivity contribution in [3.8, 4) is 11.3 Å². The van der Waals surface area contributed by atoms with E-state index in [4.69, 9.17) is 16.0 Å². The number of amides is 1. The third kappa shape index (κ3) is 2.46. The summed E-state index contributed by atoms with van der Waals surface area (Å²) >= 11 is 5.88. The minimum absolute atomic E-state index is 0.0141. The van der Waals surface area contributed by atoms with Crippen molar-refractivity contribution in [3.63, 3.8) is 0 Å². The van der Waals surface area contributed by atoms with Gasteiger partial charge in [0.2, 0.25) is 5.91 Å². The van der Waals surface area contributed by atoms with Gasteiger partial charge in [0.15, 0.2) is 0 Å². The summed E-state index contributed by atoms with van der Waals surface area (Å²) in [6.07, 6.45) is 0.748. The number of hydrogen-bond donors (Lipinski definition) is 0. The number of carbonyl (C=O) groups excluding carboxylic acids is 1. The summed E-state index contributed by atoms with van der Waals surface area (Å²) in [5.74, 6) is 1.83. The third-order valence-corrected chi connectivity index (χ3v) is 3.76. The van der Waals surface area contributed by atoms with Crippen LogP contribution in [0.5, 0.6) is 0 Å². The fraction of sp³-hybridized carbons (Fsp3) is 0.312. The summed E-state index contributed by atoms with van der Waals surface area (Å²) in [6.45, 7) is 2.97. The first kappa shape index (κ1) is 13.3. The Morgan fingerprint density at radius 1 is 1.35 bits per heavy atom. The summed E-state index contributed by atoms with van der Waals surface area (Å²) < 4.78 is 5.91. The van der Waals surface area contributed by atoms with Crippen LogP contribution in [0.3, 0.4) is 0 Å². The highest BCUT2D eigenvalue weighted by Gasteiger charge is 2.26. The van der Waals surface area contributed by atoms with Crippen LogP contribution < -0.4 is 0 Å². The van der Waals surface area contributed by atoms with E-state index in [0.717, 1.165) is 29.1 Å². The van der Waals surface area contributed by atoms with Crippen LogP contribution in [-0.4, -0.2) is 22.7 Å². The Hall–Kier alpha value is -1.74. The van der Waals surface area contributed by atoms with Gasteiger partial charge in [-0.3, -0.25) is 4.79 Å². The smallest absolute Gasteiger partial charge is 0.240 e. The Labute approximate surface area is 123 Å². The number of fused-ring (bicyclic) bond motifs is 1. The van der Waals surface area contributed by atoms with Crippen molar-refractivity contribution >= 4 is 17.5 Å². The van der Waals surface area contributed by atoms with Gasteiger partial charge in [-0.25, -0.2) is 0 Å². The molecule has 1 aromatic heterocycles. The third-order valence-electron chi connectivity index (χ3n) is 3.58. The Kier molecular flexibility index (Phi) is 3.53. The van der Waals surface area contributed by atoms with Gasteiger partial charge in [-0.15, -0.1) is 11.6 Å². The second-order valence-corrected chi connectivity index (χ2v) is 5.71. The van der Waals surface area contributed by atoms with Gasteiger partial charge in [-0.2, -0.15) is 0 Å². The lowest BCUT2D eigenvalue weighted by Gasteiger charge is -2.27. The average molecular weight is 290 g/mol. The zero-order chi connectivity index (χ0) is 14.1. The van der Waals surface area contributed by atoms with Gasteiger partial charge < -0.3 is 9.32 Å². The van der Waals surface area contributed by atoms with Crippen molar-refractivity contribution in [2.24, 2.45) is 0 Å². The van der Waals surface area contributed by atoms with Gasteiger partial charge in [0, 0.05) is 30.6 Å². The maximum absolute atomic E-state index is 11.9. The van der Waals surface area contributed by atoms with Crippen LogP contribution in [-0.2, 0) is 17.8 Å². The van der Waals surface area contributed by atoms with Gasteiger partial charge in [0.1, 0.15) is 16.9 Å². The van der Waals surface area contributed by atoms with Crippen molar-refractivity contribution in [2.75, 3.05) is 6.54 Å². The van der Waals surface area contributed by atoms with E-state index in [2.05, 4.69) is 0 Å². The zero-order valence-corrected chi connectivity index (χ0v) is 12.1. The number of carbonyl (C=O) groups is 1. The van der Waals surface area contributed by atoms with Crippen molar-refractivity contribution in [1.29, 1.82) is 0 Å². The van der Waals surface area contributed by atoms with E-state index < -0.39 is 5.38 Å². The quantitative estimate of drug-likeness (QED) is 0.793. The molecule has 0 aliphatic carbocycles. The molecule has 4 heteroatoms. The summed E-state index contributed by atoms with van der Waals surface area (Å²) in [5, 5.41) is -0.475. The average Bonchev–Trinajstić information content (AvgIpc) is 2.90. The van der Waals surface area contributed by atoms with E-state index in [0.29, 0.717) is 13.1 Å². The molecule has 20 heavy (non-hydrogen) atoms. The molecule has 0 saturated heterocycles. The minimum atomic E-state index is -0.475. The number of nitrogens with zero attached hydrogens (tertiary/aromatic N) is 1. The molecule has 0 spiro atoms. The van der Waals surface area contributed by atoms with E-state index in [9.17, 15) is 4.79 Å². The van der Waals surface area contributed by atoms with Crippen LogP contribution in [0, 0.1) is 0 Å². The molecule has 0 fully saturated rings. The minimum Gasteiger partial charge on any atom is -0.461 e. The molecule has 0 radical (unpaired) electrons. The molecule has 1 aromatic carbocycles. The number of rotatable bonds is 2. The van der Waals surface area contributed by atoms with E-state index in [-0.39, 0.29) is 5.91 Å². The highest BCUT2D eigenvalue weighted by Crippen LogP contribution is 2.29. The molecule has 0 N–H and O–H groups in total. The molecule has 104 valence electrons. The first-order valence-electron chi connectivity index (χ1n) is 6.75. The first-order chi connectivity index (χ1) is 9.65. The van der Waals surface area contributed by atoms with Crippen LogP contribution in [0.4, 0.5) is 0 Å². The lowest BCUT2D eigenvalue weighted by molar-refractivity contribution is -0.131. The number of halogens is 1. The maximum atomic E-state index is 11.9. The maximum Gasteiger partial charge on any atom is 0.240 e. The van der Waals surface area contributed by atoms with Crippen molar-refractivity contribution in [1.82, 2.24) is 4.90 Å². The largest absolute Gasteiger partial charge is 0.461 e. The predicted molar refractivity (Wildman–Crippen MR) is 78.6 cm³/mol. The molecular formula is C16H16ClNO2. The number of benzene rings is 1. The topological polar surface area (TPSA) is 33.5 Å². The highest BCUT2D eigenvalue weighted by atomic mass is 35.5. The SMILES string of the molecule is CC(Cl)C(=O)N1CCc2oc(-c3ccccc3)cc2C1. The number of hydrogen-bond acceptors (Lipinski definition) is 2. The molecule has 1 aliphatic heterocycles. The Morgan fingerprint density at radius 3 is 2.80 bits per heavy atom. The van der Waals surface area contributed by atoms with E-state index in [1.807, 2.05) is 36.4 Å². The van der Waals surface area contributed by atoms with Gasteiger partial charge in [0.05, 0.1) is 0 Å². The molecule has 1 amide bonds. The fourth-order valence-corrected chi connectivity index (χ4v) is 2.66. The second kappa shape index (κ2) is 5.33. The summed E-state index contributed by atoms with van der Waals surface area (Å²) in [5.41, 5.74) is 2.14. The van der Waals surface area contributed by atoms with Crippen LogP contribution >= 0.6 is 11.6 Å². The molecule has 1 aliphatic rings. The molecule has 2 aromatic rings.